The van der Waals surface area contributed by atoms with Gasteiger partial charge in [0.25, 0.3) is 0 Å². The number of hydrogen-bond donors (Lipinski definition) is 0. The van der Waals surface area contributed by atoms with E-state index in [9.17, 15) is 4.79 Å². The zero-order chi connectivity index (χ0) is 17.8. The minimum absolute atomic E-state index is 0.224. The Kier molecular flexibility index (Phi) is 5.38. The summed E-state index contributed by atoms with van der Waals surface area (Å²) in [6.07, 6.45) is 2.89. The lowest BCUT2D eigenvalue weighted by atomic mass is 9.94. The van der Waals surface area contributed by atoms with Crippen LogP contribution in [0.15, 0.2) is 35.1 Å². The summed E-state index contributed by atoms with van der Waals surface area (Å²) >= 11 is 0. The standard InChI is InChI=1S/C19H24N2O4/c1-4-16-17(20-12-25-16)19(22)24-11-14-9-10-21(2)18(14)13-5-7-15(23-3)8-6-13/h5-8,12,14,18H,4,9-11H2,1-3H3/t14-,18+/m0/s1. The number of oxazole rings is 1. The summed E-state index contributed by atoms with van der Waals surface area (Å²) in [6.45, 7) is 3.27. The number of aryl methyl sites for hydroxylation is 1. The molecule has 1 aromatic heterocycles. The zero-order valence-electron chi connectivity index (χ0n) is 14.9. The zero-order valence-corrected chi connectivity index (χ0v) is 14.9. The van der Waals surface area contributed by atoms with E-state index in [0.29, 0.717) is 18.8 Å². The van der Waals surface area contributed by atoms with Crippen LogP contribution in [-0.4, -0.2) is 43.2 Å². The molecule has 0 aliphatic carbocycles. The third kappa shape index (κ3) is 3.69. The molecule has 2 heterocycles. The maximum absolute atomic E-state index is 12.3. The molecule has 2 atom stereocenters. The van der Waals surface area contributed by atoms with Crippen molar-refractivity contribution in [1.82, 2.24) is 9.88 Å². The van der Waals surface area contributed by atoms with Crippen molar-refractivity contribution < 1.29 is 18.7 Å². The van der Waals surface area contributed by atoms with Crippen LogP contribution in [0.3, 0.4) is 0 Å². The van der Waals surface area contributed by atoms with E-state index in [2.05, 4.69) is 29.1 Å². The van der Waals surface area contributed by atoms with Gasteiger partial charge in [0.05, 0.1) is 13.7 Å². The lowest BCUT2D eigenvalue weighted by Gasteiger charge is -2.25. The Morgan fingerprint density at radius 2 is 2.12 bits per heavy atom. The lowest BCUT2D eigenvalue weighted by Crippen LogP contribution is -2.24. The normalized spacial score (nSPS) is 20.6. The van der Waals surface area contributed by atoms with Gasteiger partial charge in [0.1, 0.15) is 11.5 Å². The van der Waals surface area contributed by atoms with Gasteiger partial charge in [-0.2, -0.15) is 0 Å². The topological polar surface area (TPSA) is 64.8 Å². The van der Waals surface area contributed by atoms with E-state index in [1.54, 1.807) is 7.11 Å². The van der Waals surface area contributed by atoms with Crippen LogP contribution in [0.1, 0.15) is 41.2 Å². The molecular formula is C19H24N2O4. The molecule has 2 aromatic rings. The van der Waals surface area contributed by atoms with Gasteiger partial charge < -0.3 is 13.9 Å². The van der Waals surface area contributed by atoms with Gasteiger partial charge in [-0.15, -0.1) is 0 Å². The quantitative estimate of drug-likeness (QED) is 0.750. The molecule has 0 bridgehead atoms. The minimum atomic E-state index is -0.409. The third-order valence-electron chi connectivity index (χ3n) is 4.82. The molecule has 0 spiro atoms. The van der Waals surface area contributed by atoms with Gasteiger partial charge in [0, 0.05) is 18.4 Å². The van der Waals surface area contributed by atoms with Crippen molar-refractivity contribution in [2.75, 3.05) is 27.3 Å². The fraction of sp³-hybridized carbons (Fsp3) is 0.474. The fourth-order valence-corrected chi connectivity index (χ4v) is 3.47. The number of carbonyl (C=O) groups excluding carboxylic acids is 1. The van der Waals surface area contributed by atoms with E-state index in [1.165, 1.54) is 12.0 Å². The average Bonchev–Trinajstić information content (AvgIpc) is 3.26. The molecule has 1 aliphatic heterocycles. The van der Waals surface area contributed by atoms with E-state index in [4.69, 9.17) is 13.9 Å². The monoisotopic (exact) mass is 344 g/mol. The Labute approximate surface area is 147 Å². The molecule has 6 heteroatoms. The summed E-state index contributed by atoms with van der Waals surface area (Å²) in [4.78, 5) is 18.6. The van der Waals surface area contributed by atoms with Crippen LogP contribution < -0.4 is 4.74 Å². The van der Waals surface area contributed by atoms with E-state index in [1.807, 2.05) is 19.1 Å². The first-order valence-corrected chi connectivity index (χ1v) is 8.57. The Balaban J connectivity index is 1.67. The summed E-state index contributed by atoms with van der Waals surface area (Å²) in [5.41, 5.74) is 1.49. The van der Waals surface area contributed by atoms with E-state index in [-0.39, 0.29) is 17.7 Å². The minimum Gasteiger partial charge on any atom is -0.497 e. The largest absolute Gasteiger partial charge is 0.497 e. The number of benzene rings is 1. The van der Waals surface area contributed by atoms with Crippen LogP contribution in [0.25, 0.3) is 0 Å². The van der Waals surface area contributed by atoms with Crippen molar-refractivity contribution in [2.24, 2.45) is 5.92 Å². The van der Waals surface area contributed by atoms with Crippen LogP contribution in [0.2, 0.25) is 0 Å². The summed E-state index contributed by atoms with van der Waals surface area (Å²) in [5, 5.41) is 0. The van der Waals surface area contributed by atoms with Crippen LogP contribution in [0.4, 0.5) is 0 Å². The van der Waals surface area contributed by atoms with Crippen molar-refractivity contribution in [3.63, 3.8) is 0 Å². The highest BCUT2D eigenvalue weighted by atomic mass is 16.5. The van der Waals surface area contributed by atoms with Crippen LogP contribution in [0, 0.1) is 5.92 Å². The van der Waals surface area contributed by atoms with E-state index < -0.39 is 5.97 Å². The Morgan fingerprint density at radius 3 is 2.80 bits per heavy atom. The molecule has 1 aliphatic rings. The van der Waals surface area contributed by atoms with Gasteiger partial charge in [-0.05, 0) is 37.7 Å². The highest BCUT2D eigenvalue weighted by molar-refractivity contribution is 5.88. The molecule has 0 radical (unpaired) electrons. The molecule has 6 nitrogen and oxygen atoms in total. The molecule has 134 valence electrons. The van der Waals surface area contributed by atoms with Crippen molar-refractivity contribution in [3.05, 3.63) is 47.7 Å². The molecule has 0 amide bonds. The number of aromatic nitrogens is 1. The van der Waals surface area contributed by atoms with Crippen LogP contribution in [-0.2, 0) is 11.2 Å². The Bertz CT molecular complexity index is 710. The van der Waals surface area contributed by atoms with E-state index >= 15 is 0 Å². The third-order valence-corrected chi connectivity index (χ3v) is 4.82. The van der Waals surface area contributed by atoms with Gasteiger partial charge >= 0.3 is 5.97 Å². The van der Waals surface area contributed by atoms with Crippen molar-refractivity contribution in [2.45, 2.75) is 25.8 Å². The molecule has 1 aromatic carbocycles. The first-order valence-electron chi connectivity index (χ1n) is 8.57. The molecule has 25 heavy (non-hydrogen) atoms. The Morgan fingerprint density at radius 1 is 1.36 bits per heavy atom. The summed E-state index contributed by atoms with van der Waals surface area (Å²) in [6, 6.07) is 8.31. The fourth-order valence-electron chi connectivity index (χ4n) is 3.47. The molecule has 1 saturated heterocycles. The maximum Gasteiger partial charge on any atom is 0.360 e. The molecule has 0 saturated carbocycles. The highest BCUT2D eigenvalue weighted by Crippen LogP contribution is 2.37. The van der Waals surface area contributed by atoms with Crippen molar-refractivity contribution in [1.29, 1.82) is 0 Å². The molecule has 3 rings (SSSR count). The molecule has 0 unspecified atom stereocenters. The van der Waals surface area contributed by atoms with Crippen LogP contribution in [0.5, 0.6) is 5.75 Å². The van der Waals surface area contributed by atoms with E-state index in [0.717, 1.165) is 18.7 Å². The molecule has 1 fully saturated rings. The van der Waals surface area contributed by atoms with Gasteiger partial charge in [0.2, 0.25) is 0 Å². The van der Waals surface area contributed by atoms with Crippen molar-refractivity contribution in [3.8, 4) is 5.75 Å². The smallest absolute Gasteiger partial charge is 0.360 e. The van der Waals surface area contributed by atoms with Crippen molar-refractivity contribution >= 4 is 5.97 Å². The summed E-state index contributed by atoms with van der Waals surface area (Å²) in [7, 11) is 3.76. The SMILES string of the molecule is CCc1ocnc1C(=O)OC[C@@H]1CCN(C)[C@@H]1c1ccc(OC)cc1. The predicted octanol–water partition coefficient (Wildman–Crippen LogP) is 3.10. The average molecular weight is 344 g/mol. The van der Waals surface area contributed by atoms with Gasteiger partial charge in [0.15, 0.2) is 12.1 Å². The number of methoxy groups -OCH3 is 1. The van der Waals surface area contributed by atoms with Gasteiger partial charge in [-0.1, -0.05) is 19.1 Å². The van der Waals surface area contributed by atoms with Gasteiger partial charge in [-0.3, -0.25) is 4.90 Å². The molecule has 0 N–H and O–H groups in total. The second kappa shape index (κ2) is 7.70. The number of esters is 1. The first-order chi connectivity index (χ1) is 12.1. The number of hydrogen-bond acceptors (Lipinski definition) is 6. The van der Waals surface area contributed by atoms with Crippen LogP contribution >= 0.6 is 0 Å². The maximum atomic E-state index is 12.3. The first kappa shape index (κ1) is 17.5. The Hall–Kier alpha value is -2.34. The number of likely N-dealkylation sites (tertiary alicyclic amines) is 1. The number of carbonyl (C=O) groups is 1. The lowest BCUT2D eigenvalue weighted by molar-refractivity contribution is 0.0403. The predicted molar refractivity (Wildman–Crippen MR) is 92.6 cm³/mol. The summed E-state index contributed by atoms with van der Waals surface area (Å²) < 4.78 is 16.0. The number of rotatable bonds is 6. The number of ether oxygens (including phenoxy) is 2. The summed E-state index contributed by atoms with van der Waals surface area (Å²) in [5.74, 6) is 1.25. The molecular weight excluding hydrogens is 320 g/mol. The highest BCUT2D eigenvalue weighted by Gasteiger charge is 2.34. The van der Waals surface area contributed by atoms with Gasteiger partial charge in [-0.25, -0.2) is 9.78 Å². The second-order valence-electron chi connectivity index (χ2n) is 6.32. The number of nitrogens with zero attached hydrogens (tertiary/aromatic N) is 2. The second-order valence-corrected chi connectivity index (χ2v) is 6.32.